The predicted molar refractivity (Wildman–Crippen MR) is 157 cm³/mol. The highest BCUT2D eigenvalue weighted by Crippen LogP contribution is 2.32. The quantitative estimate of drug-likeness (QED) is 0.280. The van der Waals surface area contributed by atoms with Gasteiger partial charge in [-0.3, -0.25) is 9.69 Å². The number of halogens is 3. The van der Waals surface area contributed by atoms with Crippen LogP contribution >= 0.6 is 0 Å². The molecule has 2 aromatic rings. The van der Waals surface area contributed by atoms with Crippen molar-refractivity contribution in [2.24, 2.45) is 0 Å². The van der Waals surface area contributed by atoms with E-state index in [2.05, 4.69) is 49.8 Å². The van der Waals surface area contributed by atoms with Gasteiger partial charge in [0, 0.05) is 43.8 Å². The number of piperazine rings is 1. The van der Waals surface area contributed by atoms with Gasteiger partial charge in [0.2, 0.25) is 0 Å². The number of nitrogens with zero attached hydrogens (tertiary/aromatic N) is 3. The zero-order valence-electron chi connectivity index (χ0n) is 25.1. The van der Waals surface area contributed by atoms with Gasteiger partial charge in [-0.2, -0.15) is 13.2 Å². The number of unbranched alkanes of at least 4 members (excludes halogenated alkanes) is 1. The van der Waals surface area contributed by atoms with Crippen LogP contribution in [-0.2, 0) is 6.18 Å². The molecule has 0 radical (unpaired) electrons. The van der Waals surface area contributed by atoms with Gasteiger partial charge >= 0.3 is 6.18 Å². The van der Waals surface area contributed by atoms with Crippen LogP contribution < -0.4 is 4.74 Å². The number of carbonyl (C=O) groups is 1. The lowest BCUT2D eigenvalue weighted by Crippen LogP contribution is -2.49. The molecule has 1 amide bonds. The molecule has 1 atom stereocenters. The summed E-state index contributed by atoms with van der Waals surface area (Å²) in [6.45, 7) is 10.8. The molecule has 1 heterocycles. The summed E-state index contributed by atoms with van der Waals surface area (Å²) in [5.74, 6) is 0.728. The molecular formula is C33H46F3N3O2. The SMILES string of the molecule is Cc1c(OCCCCN(C)C2CCCCC2)ccc(C(C)N2CCN(C(=O)c3ccc(C(F)(F)F)cc3)CC2)c1C. The average Bonchev–Trinajstić information content (AvgIpc) is 2.98. The largest absolute Gasteiger partial charge is 0.493 e. The minimum Gasteiger partial charge on any atom is -0.493 e. The maximum absolute atomic E-state index is 12.9. The van der Waals surface area contributed by atoms with Gasteiger partial charge in [0.25, 0.3) is 5.91 Å². The van der Waals surface area contributed by atoms with E-state index in [0.29, 0.717) is 26.2 Å². The average molecular weight is 574 g/mol. The van der Waals surface area contributed by atoms with Crippen LogP contribution in [0, 0.1) is 13.8 Å². The first-order valence-corrected chi connectivity index (χ1v) is 15.2. The second-order valence-corrected chi connectivity index (χ2v) is 11.8. The fourth-order valence-corrected chi connectivity index (χ4v) is 6.27. The Labute approximate surface area is 243 Å². The lowest BCUT2D eigenvalue weighted by molar-refractivity contribution is -0.137. The molecule has 226 valence electrons. The summed E-state index contributed by atoms with van der Waals surface area (Å²) >= 11 is 0. The van der Waals surface area contributed by atoms with Crippen LogP contribution in [0.2, 0.25) is 0 Å². The molecule has 2 aromatic carbocycles. The molecular weight excluding hydrogens is 527 g/mol. The molecule has 0 spiro atoms. The number of hydrogen-bond acceptors (Lipinski definition) is 4. The Hall–Kier alpha value is -2.58. The van der Waals surface area contributed by atoms with Gasteiger partial charge < -0.3 is 14.5 Å². The van der Waals surface area contributed by atoms with Gasteiger partial charge in [-0.1, -0.05) is 25.3 Å². The summed E-state index contributed by atoms with van der Waals surface area (Å²) in [4.78, 5) is 19.5. The van der Waals surface area contributed by atoms with Crippen molar-refractivity contribution >= 4 is 5.91 Å². The molecule has 2 aliphatic rings. The van der Waals surface area contributed by atoms with Gasteiger partial charge in [0.1, 0.15) is 5.75 Å². The van der Waals surface area contributed by atoms with Crippen molar-refractivity contribution in [3.8, 4) is 5.75 Å². The van der Waals surface area contributed by atoms with Gasteiger partial charge in [0.15, 0.2) is 0 Å². The van der Waals surface area contributed by atoms with Gasteiger partial charge in [-0.05, 0) is 107 Å². The van der Waals surface area contributed by atoms with Crippen molar-refractivity contribution in [2.75, 3.05) is 46.4 Å². The minimum absolute atomic E-state index is 0.182. The van der Waals surface area contributed by atoms with Crippen molar-refractivity contribution in [3.05, 3.63) is 64.2 Å². The second kappa shape index (κ2) is 14.1. The number of carbonyl (C=O) groups excluding carboxylic acids is 1. The van der Waals surface area contributed by atoms with Crippen LogP contribution in [0.25, 0.3) is 0 Å². The first-order valence-electron chi connectivity index (χ1n) is 15.2. The fourth-order valence-electron chi connectivity index (χ4n) is 6.27. The Bertz CT molecular complexity index is 1140. The molecule has 5 nitrogen and oxygen atoms in total. The third-order valence-electron chi connectivity index (χ3n) is 9.20. The monoisotopic (exact) mass is 573 g/mol. The maximum atomic E-state index is 12.9. The predicted octanol–water partition coefficient (Wildman–Crippen LogP) is 7.26. The van der Waals surface area contributed by atoms with Gasteiger partial charge in [-0.25, -0.2) is 0 Å². The van der Waals surface area contributed by atoms with Crippen molar-refractivity contribution in [1.29, 1.82) is 0 Å². The van der Waals surface area contributed by atoms with Gasteiger partial charge in [-0.15, -0.1) is 0 Å². The maximum Gasteiger partial charge on any atom is 0.416 e. The number of alkyl halides is 3. The Morgan fingerprint density at radius 3 is 2.24 bits per heavy atom. The van der Waals surface area contributed by atoms with E-state index in [1.807, 2.05) is 0 Å². The summed E-state index contributed by atoms with van der Waals surface area (Å²) in [5.41, 5.74) is 3.21. The molecule has 1 aliphatic carbocycles. The summed E-state index contributed by atoms with van der Waals surface area (Å²) in [6.07, 6.45) is 4.59. The lowest BCUT2D eigenvalue weighted by atomic mass is 9.94. The van der Waals surface area contributed by atoms with Crippen LogP contribution in [-0.4, -0.2) is 73.0 Å². The third kappa shape index (κ3) is 8.04. The standard InChI is InChI=1S/C33H46F3N3O2/c1-24-25(2)31(41-23-9-8-18-37(4)29-10-6-5-7-11-29)17-16-30(24)26(3)38-19-21-39(22-20-38)32(40)27-12-14-28(15-13-27)33(34,35)36/h12-17,26,29H,5-11,18-23H2,1-4H3. The smallest absolute Gasteiger partial charge is 0.416 e. The molecule has 0 aromatic heterocycles. The third-order valence-corrected chi connectivity index (χ3v) is 9.20. The van der Waals surface area contributed by atoms with Crippen molar-refractivity contribution < 1.29 is 22.7 Å². The molecule has 1 saturated heterocycles. The topological polar surface area (TPSA) is 36.0 Å². The van der Waals surface area contributed by atoms with E-state index in [1.54, 1.807) is 4.90 Å². The molecule has 41 heavy (non-hydrogen) atoms. The number of rotatable bonds is 10. The first kappa shape index (κ1) is 31.4. The summed E-state index contributed by atoms with van der Waals surface area (Å²) in [5, 5.41) is 0. The van der Waals surface area contributed by atoms with Crippen LogP contribution in [0.5, 0.6) is 5.75 Å². The molecule has 8 heteroatoms. The van der Waals surface area contributed by atoms with Crippen LogP contribution in [0.1, 0.15) is 90.5 Å². The lowest BCUT2D eigenvalue weighted by Gasteiger charge is -2.39. The molecule has 1 saturated carbocycles. The Kier molecular flexibility index (Phi) is 10.8. The van der Waals surface area contributed by atoms with Crippen LogP contribution in [0.15, 0.2) is 36.4 Å². The molecule has 0 bridgehead atoms. The highest BCUT2D eigenvalue weighted by atomic mass is 19.4. The van der Waals surface area contributed by atoms with E-state index in [9.17, 15) is 18.0 Å². The second-order valence-electron chi connectivity index (χ2n) is 11.8. The van der Waals surface area contributed by atoms with E-state index in [4.69, 9.17) is 4.74 Å². The number of benzene rings is 2. The zero-order chi connectivity index (χ0) is 29.6. The summed E-state index contributed by atoms with van der Waals surface area (Å²) in [7, 11) is 2.27. The zero-order valence-corrected chi connectivity index (χ0v) is 25.1. The molecule has 1 unspecified atom stereocenters. The van der Waals surface area contributed by atoms with Crippen LogP contribution in [0.4, 0.5) is 13.2 Å². The molecule has 2 fully saturated rings. The van der Waals surface area contributed by atoms with E-state index in [0.717, 1.165) is 49.9 Å². The van der Waals surface area contributed by atoms with Gasteiger partial charge in [0.05, 0.1) is 12.2 Å². The van der Waals surface area contributed by atoms with E-state index >= 15 is 0 Å². The van der Waals surface area contributed by atoms with Crippen molar-refractivity contribution in [3.63, 3.8) is 0 Å². The van der Waals surface area contributed by atoms with E-state index < -0.39 is 11.7 Å². The minimum atomic E-state index is -4.41. The summed E-state index contributed by atoms with van der Waals surface area (Å²) in [6, 6.07) is 9.68. The van der Waals surface area contributed by atoms with E-state index in [-0.39, 0.29) is 17.5 Å². The van der Waals surface area contributed by atoms with E-state index in [1.165, 1.54) is 60.9 Å². The Balaban J connectivity index is 1.24. The van der Waals surface area contributed by atoms with Crippen molar-refractivity contribution in [1.82, 2.24) is 14.7 Å². The number of amides is 1. The molecule has 1 aliphatic heterocycles. The highest BCUT2D eigenvalue weighted by molar-refractivity contribution is 5.94. The normalized spacial score (nSPS) is 18.1. The number of hydrogen-bond donors (Lipinski definition) is 0. The van der Waals surface area contributed by atoms with Crippen molar-refractivity contribution in [2.45, 2.75) is 84.0 Å². The Morgan fingerprint density at radius 2 is 1.61 bits per heavy atom. The highest BCUT2D eigenvalue weighted by Gasteiger charge is 2.31. The molecule has 4 rings (SSSR count). The van der Waals surface area contributed by atoms with Crippen LogP contribution in [0.3, 0.4) is 0 Å². The fraction of sp³-hybridized carbons (Fsp3) is 0.606. The number of ether oxygens (including phenoxy) is 1. The Morgan fingerprint density at radius 1 is 0.951 bits per heavy atom. The summed E-state index contributed by atoms with van der Waals surface area (Å²) < 4.78 is 44.8. The molecule has 0 N–H and O–H groups in total. The first-order chi connectivity index (χ1) is 19.6.